The lowest BCUT2D eigenvalue weighted by Gasteiger charge is -2.21. The molecule has 0 fully saturated rings. The first-order valence-corrected chi connectivity index (χ1v) is 4.49. The van der Waals surface area contributed by atoms with Crippen molar-refractivity contribution in [3.8, 4) is 0 Å². The molecule has 0 spiro atoms. The number of carbonyl (C=O) groups is 1. The maximum Gasteiger partial charge on any atom is 0.251 e. The van der Waals surface area contributed by atoms with Crippen LogP contribution in [0.25, 0.3) is 0 Å². The van der Waals surface area contributed by atoms with Crippen LogP contribution in [0.3, 0.4) is 0 Å². The van der Waals surface area contributed by atoms with Gasteiger partial charge in [-0.2, -0.15) is 0 Å². The summed E-state index contributed by atoms with van der Waals surface area (Å²) in [5.74, 6) is -0.118. The van der Waals surface area contributed by atoms with Gasteiger partial charge in [0.1, 0.15) is 5.60 Å². The molecule has 1 amide bonds. The summed E-state index contributed by atoms with van der Waals surface area (Å²) < 4.78 is 5.00. The summed E-state index contributed by atoms with van der Waals surface area (Å²) in [4.78, 5) is 11.4. The Kier molecular flexibility index (Phi) is 5.66. The molecule has 0 radical (unpaired) electrons. The standard InChI is InChI=1S/C9H19NO3/c1-9(2,13-3)8(12)10-6-4-5-7-11/h11H,4-7H2,1-3H3,(H,10,12). The SMILES string of the molecule is COC(C)(C)C(=O)NCCCCO. The summed E-state index contributed by atoms with van der Waals surface area (Å²) in [6, 6.07) is 0. The van der Waals surface area contributed by atoms with Crippen LogP contribution in [0, 0.1) is 0 Å². The van der Waals surface area contributed by atoms with E-state index in [9.17, 15) is 4.79 Å². The molecular weight excluding hydrogens is 170 g/mol. The smallest absolute Gasteiger partial charge is 0.251 e. The molecule has 0 saturated heterocycles. The Morgan fingerprint density at radius 1 is 1.46 bits per heavy atom. The van der Waals surface area contributed by atoms with E-state index in [1.807, 2.05) is 0 Å². The van der Waals surface area contributed by atoms with Crippen LogP contribution in [0.15, 0.2) is 0 Å². The van der Waals surface area contributed by atoms with Crippen molar-refractivity contribution < 1.29 is 14.6 Å². The molecule has 13 heavy (non-hydrogen) atoms. The minimum absolute atomic E-state index is 0.118. The van der Waals surface area contributed by atoms with E-state index in [0.717, 1.165) is 6.42 Å². The second-order valence-corrected chi connectivity index (χ2v) is 3.40. The molecule has 0 aliphatic carbocycles. The van der Waals surface area contributed by atoms with Gasteiger partial charge in [-0.25, -0.2) is 0 Å². The molecule has 0 aromatic carbocycles. The van der Waals surface area contributed by atoms with Crippen LogP contribution in [0.5, 0.6) is 0 Å². The highest BCUT2D eigenvalue weighted by Gasteiger charge is 2.25. The summed E-state index contributed by atoms with van der Waals surface area (Å²) in [6.07, 6.45) is 1.51. The average molecular weight is 189 g/mol. The molecule has 0 aliphatic rings. The Balaban J connectivity index is 3.62. The lowest BCUT2D eigenvalue weighted by molar-refractivity contribution is -0.139. The Bertz CT molecular complexity index is 157. The number of ether oxygens (including phenoxy) is 1. The summed E-state index contributed by atoms with van der Waals surface area (Å²) in [5, 5.41) is 11.2. The molecule has 0 heterocycles. The third kappa shape index (κ3) is 4.85. The van der Waals surface area contributed by atoms with Crippen molar-refractivity contribution in [3.63, 3.8) is 0 Å². The van der Waals surface area contributed by atoms with E-state index < -0.39 is 5.60 Å². The van der Waals surface area contributed by atoms with Crippen LogP contribution in [-0.2, 0) is 9.53 Å². The Morgan fingerprint density at radius 3 is 2.54 bits per heavy atom. The molecular formula is C9H19NO3. The Morgan fingerprint density at radius 2 is 2.08 bits per heavy atom. The average Bonchev–Trinajstić information content (AvgIpc) is 2.12. The van der Waals surface area contributed by atoms with E-state index in [2.05, 4.69) is 5.32 Å². The van der Waals surface area contributed by atoms with Crippen LogP contribution in [0.2, 0.25) is 0 Å². The van der Waals surface area contributed by atoms with Crippen molar-refractivity contribution in [2.45, 2.75) is 32.3 Å². The predicted molar refractivity (Wildman–Crippen MR) is 50.4 cm³/mol. The van der Waals surface area contributed by atoms with Gasteiger partial charge in [0.2, 0.25) is 0 Å². The predicted octanol–water partition coefficient (Wildman–Crippen LogP) is 0.300. The highest BCUT2D eigenvalue weighted by Crippen LogP contribution is 2.06. The van der Waals surface area contributed by atoms with Crippen molar-refractivity contribution in [3.05, 3.63) is 0 Å². The van der Waals surface area contributed by atoms with Crippen molar-refractivity contribution in [1.29, 1.82) is 0 Å². The quantitative estimate of drug-likeness (QED) is 0.591. The van der Waals surface area contributed by atoms with Crippen molar-refractivity contribution in [2.24, 2.45) is 0 Å². The van der Waals surface area contributed by atoms with Crippen molar-refractivity contribution in [1.82, 2.24) is 5.32 Å². The van der Waals surface area contributed by atoms with Gasteiger partial charge in [-0.05, 0) is 26.7 Å². The molecule has 0 aliphatic heterocycles. The van der Waals surface area contributed by atoms with Crippen LogP contribution in [0.1, 0.15) is 26.7 Å². The summed E-state index contributed by atoms with van der Waals surface area (Å²) in [6.45, 7) is 4.19. The second-order valence-electron chi connectivity index (χ2n) is 3.40. The van der Waals surface area contributed by atoms with E-state index in [-0.39, 0.29) is 12.5 Å². The highest BCUT2D eigenvalue weighted by atomic mass is 16.5. The van der Waals surface area contributed by atoms with E-state index in [0.29, 0.717) is 13.0 Å². The van der Waals surface area contributed by atoms with Gasteiger partial charge in [-0.3, -0.25) is 4.79 Å². The normalized spacial score (nSPS) is 11.4. The third-order valence-electron chi connectivity index (χ3n) is 1.93. The number of hydrogen-bond acceptors (Lipinski definition) is 3. The number of methoxy groups -OCH3 is 1. The summed E-state index contributed by atoms with van der Waals surface area (Å²) in [7, 11) is 1.51. The molecule has 78 valence electrons. The van der Waals surface area contributed by atoms with Gasteiger partial charge < -0.3 is 15.2 Å². The van der Waals surface area contributed by atoms with Gasteiger partial charge in [0, 0.05) is 20.3 Å². The van der Waals surface area contributed by atoms with Crippen LogP contribution in [0.4, 0.5) is 0 Å². The van der Waals surface area contributed by atoms with Crippen LogP contribution in [-0.4, -0.2) is 36.9 Å². The van der Waals surface area contributed by atoms with Gasteiger partial charge in [-0.1, -0.05) is 0 Å². The van der Waals surface area contributed by atoms with E-state index in [4.69, 9.17) is 9.84 Å². The zero-order chi connectivity index (χ0) is 10.3. The first kappa shape index (κ1) is 12.4. The highest BCUT2D eigenvalue weighted by molar-refractivity contribution is 5.84. The minimum atomic E-state index is -0.765. The molecule has 0 aromatic heterocycles. The lowest BCUT2D eigenvalue weighted by Crippen LogP contribution is -2.43. The number of aliphatic hydroxyl groups is 1. The zero-order valence-electron chi connectivity index (χ0n) is 8.59. The van der Waals surface area contributed by atoms with Gasteiger partial charge in [-0.15, -0.1) is 0 Å². The molecule has 0 atom stereocenters. The van der Waals surface area contributed by atoms with Gasteiger partial charge in [0.05, 0.1) is 0 Å². The van der Waals surface area contributed by atoms with Gasteiger partial charge >= 0.3 is 0 Å². The lowest BCUT2D eigenvalue weighted by atomic mass is 10.1. The molecule has 2 N–H and O–H groups in total. The first-order valence-electron chi connectivity index (χ1n) is 4.49. The zero-order valence-corrected chi connectivity index (χ0v) is 8.59. The molecule has 0 saturated carbocycles. The number of rotatable bonds is 6. The fourth-order valence-corrected chi connectivity index (χ4v) is 0.744. The van der Waals surface area contributed by atoms with E-state index in [1.165, 1.54) is 7.11 Å². The molecule has 0 rings (SSSR count). The number of hydrogen-bond donors (Lipinski definition) is 2. The molecule has 4 nitrogen and oxygen atoms in total. The fourth-order valence-electron chi connectivity index (χ4n) is 0.744. The molecule has 0 aromatic rings. The summed E-state index contributed by atoms with van der Waals surface area (Å²) in [5.41, 5.74) is -0.765. The number of amides is 1. The topological polar surface area (TPSA) is 58.6 Å². The summed E-state index contributed by atoms with van der Waals surface area (Å²) >= 11 is 0. The maximum absolute atomic E-state index is 11.4. The van der Waals surface area contributed by atoms with Gasteiger partial charge in [0.15, 0.2) is 0 Å². The number of carbonyl (C=O) groups excluding carboxylic acids is 1. The largest absolute Gasteiger partial charge is 0.396 e. The maximum atomic E-state index is 11.4. The van der Waals surface area contributed by atoms with E-state index >= 15 is 0 Å². The van der Waals surface area contributed by atoms with E-state index in [1.54, 1.807) is 13.8 Å². The molecule has 4 heteroatoms. The van der Waals surface area contributed by atoms with Crippen molar-refractivity contribution >= 4 is 5.91 Å². The Hall–Kier alpha value is -0.610. The van der Waals surface area contributed by atoms with Crippen LogP contribution < -0.4 is 5.32 Å². The number of aliphatic hydroxyl groups excluding tert-OH is 1. The van der Waals surface area contributed by atoms with Crippen molar-refractivity contribution in [2.75, 3.05) is 20.3 Å². The molecule has 0 unspecified atom stereocenters. The van der Waals surface area contributed by atoms with Crippen LogP contribution >= 0.6 is 0 Å². The Labute approximate surface area is 79.3 Å². The number of unbranched alkanes of at least 4 members (excludes halogenated alkanes) is 1. The fraction of sp³-hybridized carbons (Fsp3) is 0.889. The molecule has 0 bridgehead atoms. The van der Waals surface area contributed by atoms with Gasteiger partial charge in [0.25, 0.3) is 5.91 Å². The minimum Gasteiger partial charge on any atom is -0.396 e. The number of nitrogens with one attached hydrogen (secondary N) is 1. The first-order chi connectivity index (χ1) is 6.04. The monoisotopic (exact) mass is 189 g/mol. The second kappa shape index (κ2) is 5.94. The third-order valence-corrected chi connectivity index (χ3v) is 1.93.